The molecule has 0 spiro atoms. The molecule has 2 rings (SSSR count). The lowest BCUT2D eigenvalue weighted by Crippen LogP contribution is -2.56. The number of fused-ring (bicyclic) bond motifs is 1. The highest BCUT2D eigenvalue weighted by atomic mass is 16.4. The number of aromatic amines is 1. The highest BCUT2D eigenvalue weighted by Crippen LogP contribution is 2.19. The molecule has 190 valence electrons. The lowest BCUT2D eigenvalue weighted by molar-refractivity contribution is -0.145. The number of amides is 4. The summed E-state index contributed by atoms with van der Waals surface area (Å²) >= 11 is 0. The third kappa shape index (κ3) is 8.08. The van der Waals surface area contributed by atoms with Gasteiger partial charge in [-0.2, -0.15) is 0 Å². The van der Waals surface area contributed by atoms with Crippen LogP contribution in [-0.2, 0) is 30.4 Å². The summed E-state index contributed by atoms with van der Waals surface area (Å²) in [6.07, 6.45) is 0.188. The number of carboxylic acid groups (broad SMARTS) is 1. The molecule has 4 amide bonds. The van der Waals surface area contributed by atoms with Crippen LogP contribution in [0.15, 0.2) is 30.5 Å². The summed E-state index contributed by atoms with van der Waals surface area (Å²) in [5.74, 6) is -4.30. The number of aliphatic carboxylic acids is 1. The van der Waals surface area contributed by atoms with E-state index in [0.29, 0.717) is 5.56 Å². The second kappa shape index (κ2) is 12.5. The van der Waals surface area contributed by atoms with Crippen LogP contribution in [-0.4, -0.2) is 75.6 Å². The average Bonchev–Trinajstić information content (AvgIpc) is 3.21. The molecule has 0 bridgehead atoms. The number of aliphatic hydroxyl groups excluding tert-OH is 1. The Balaban J connectivity index is 2.11. The largest absolute Gasteiger partial charge is 0.480 e. The first-order chi connectivity index (χ1) is 16.5. The number of hydrogen-bond donors (Lipinski definition) is 8. The van der Waals surface area contributed by atoms with Crippen molar-refractivity contribution in [2.45, 2.75) is 50.4 Å². The number of aromatic nitrogens is 1. The van der Waals surface area contributed by atoms with Gasteiger partial charge < -0.3 is 42.6 Å². The third-order valence-corrected chi connectivity index (χ3v) is 5.26. The van der Waals surface area contributed by atoms with Gasteiger partial charge in [-0.3, -0.25) is 19.2 Å². The fraction of sp³-hybridized carbons (Fsp3) is 0.409. The van der Waals surface area contributed by atoms with Crippen molar-refractivity contribution in [2.24, 2.45) is 11.5 Å². The number of primary amides is 1. The molecule has 0 fully saturated rings. The second-order valence-corrected chi connectivity index (χ2v) is 8.08. The maximum absolute atomic E-state index is 12.9. The lowest BCUT2D eigenvalue weighted by Gasteiger charge is -2.23. The van der Waals surface area contributed by atoms with Crippen molar-refractivity contribution < 1.29 is 34.2 Å². The van der Waals surface area contributed by atoms with Crippen molar-refractivity contribution in [1.82, 2.24) is 20.9 Å². The van der Waals surface area contributed by atoms with Crippen LogP contribution in [0.5, 0.6) is 0 Å². The molecule has 4 unspecified atom stereocenters. The van der Waals surface area contributed by atoms with Crippen LogP contribution in [0.4, 0.5) is 0 Å². The predicted octanol–water partition coefficient (Wildman–Crippen LogP) is -2.15. The van der Waals surface area contributed by atoms with Gasteiger partial charge in [0.15, 0.2) is 6.04 Å². The lowest BCUT2D eigenvalue weighted by atomic mass is 10.0. The predicted molar refractivity (Wildman–Crippen MR) is 125 cm³/mol. The number of aliphatic hydroxyl groups is 1. The quantitative estimate of drug-likeness (QED) is 0.154. The average molecular weight is 491 g/mol. The molecule has 10 N–H and O–H groups in total. The van der Waals surface area contributed by atoms with E-state index in [1.165, 1.54) is 6.92 Å². The number of para-hydroxylation sites is 1. The Morgan fingerprint density at radius 2 is 1.77 bits per heavy atom. The molecule has 1 aromatic carbocycles. The number of rotatable bonds is 13. The Morgan fingerprint density at radius 1 is 1.09 bits per heavy atom. The first-order valence-electron chi connectivity index (χ1n) is 10.9. The number of benzene rings is 1. The molecule has 35 heavy (non-hydrogen) atoms. The summed E-state index contributed by atoms with van der Waals surface area (Å²) < 4.78 is 0. The Labute approximate surface area is 200 Å². The zero-order chi connectivity index (χ0) is 26.1. The van der Waals surface area contributed by atoms with Gasteiger partial charge in [-0.1, -0.05) is 18.2 Å². The van der Waals surface area contributed by atoms with Gasteiger partial charge in [-0.25, -0.2) is 4.79 Å². The van der Waals surface area contributed by atoms with Gasteiger partial charge in [0.25, 0.3) is 0 Å². The van der Waals surface area contributed by atoms with Crippen molar-refractivity contribution in [3.8, 4) is 0 Å². The molecule has 4 atom stereocenters. The minimum absolute atomic E-state index is 0.000191. The monoisotopic (exact) mass is 490 g/mol. The standard InChI is InChI=1S/C22H30N6O7/c1-11(29)19(22(34)35)28-21(33)16(8-12-9-25-15-5-3-2-4-13(12)15)27-18(31)10-26-20(32)14(23)6-7-17(24)30/h2-5,9,11,14,16,19,25,29H,6-8,10,23H2,1H3,(H2,24,30)(H,26,32)(H,27,31)(H,28,33)(H,34,35). The SMILES string of the molecule is CC(O)C(NC(=O)C(Cc1c[nH]c2ccccc12)NC(=O)CNC(=O)C(N)CCC(N)=O)C(=O)O. The molecular formula is C22H30N6O7. The van der Waals surface area contributed by atoms with E-state index in [1.54, 1.807) is 12.3 Å². The van der Waals surface area contributed by atoms with Crippen LogP contribution in [0.25, 0.3) is 10.9 Å². The number of carboxylic acids is 1. The maximum Gasteiger partial charge on any atom is 0.328 e. The van der Waals surface area contributed by atoms with Gasteiger partial charge in [0.2, 0.25) is 23.6 Å². The van der Waals surface area contributed by atoms with Crippen molar-refractivity contribution in [2.75, 3.05) is 6.54 Å². The van der Waals surface area contributed by atoms with Gasteiger partial charge >= 0.3 is 5.97 Å². The van der Waals surface area contributed by atoms with E-state index in [0.717, 1.165) is 10.9 Å². The Morgan fingerprint density at radius 3 is 2.40 bits per heavy atom. The Hall–Kier alpha value is -3.97. The summed E-state index contributed by atoms with van der Waals surface area (Å²) in [7, 11) is 0. The molecule has 0 saturated heterocycles. The number of H-pyrrole nitrogens is 1. The molecular weight excluding hydrogens is 460 g/mol. The van der Waals surface area contributed by atoms with E-state index in [4.69, 9.17) is 11.5 Å². The van der Waals surface area contributed by atoms with E-state index in [-0.39, 0.29) is 19.3 Å². The minimum atomic E-state index is -1.59. The molecule has 0 aliphatic carbocycles. The van der Waals surface area contributed by atoms with E-state index in [1.807, 2.05) is 18.2 Å². The smallest absolute Gasteiger partial charge is 0.328 e. The van der Waals surface area contributed by atoms with Crippen molar-refractivity contribution >= 4 is 40.5 Å². The molecule has 0 aliphatic rings. The van der Waals surface area contributed by atoms with Gasteiger partial charge in [0.05, 0.1) is 18.7 Å². The molecule has 1 aromatic heterocycles. The number of nitrogens with one attached hydrogen (secondary N) is 4. The zero-order valence-corrected chi connectivity index (χ0v) is 19.1. The number of carbonyl (C=O) groups is 5. The zero-order valence-electron chi connectivity index (χ0n) is 19.1. The van der Waals surface area contributed by atoms with E-state index < -0.39 is 60.4 Å². The first kappa shape index (κ1) is 27.3. The number of nitrogens with two attached hydrogens (primary N) is 2. The van der Waals surface area contributed by atoms with Crippen LogP contribution < -0.4 is 27.4 Å². The van der Waals surface area contributed by atoms with Crippen molar-refractivity contribution in [1.29, 1.82) is 0 Å². The molecule has 2 aromatic rings. The number of carbonyl (C=O) groups excluding carboxylic acids is 4. The highest BCUT2D eigenvalue weighted by Gasteiger charge is 2.30. The fourth-order valence-corrected chi connectivity index (χ4v) is 3.34. The van der Waals surface area contributed by atoms with Crippen LogP contribution in [0.3, 0.4) is 0 Å². The Kier molecular flexibility index (Phi) is 9.73. The van der Waals surface area contributed by atoms with Crippen LogP contribution in [0, 0.1) is 0 Å². The minimum Gasteiger partial charge on any atom is -0.480 e. The summed E-state index contributed by atoms with van der Waals surface area (Å²) in [6.45, 7) is 0.697. The van der Waals surface area contributed by atoms with Gasteiger partial charge in [-0.15, -0.1) is 0 Å². The number of hydrogen-bond acceptors (Lipinski definition) is 7. The highest BCUT2D eigenvalue weighted by molar-refractivity contribution is 5.93. The Bertz CT molecular complexity index is 1080. The fourth-order valence-electron chi connectivity index (χ4n) is 3.34. The summed E-state index contributed by atoms with van der Waals surface area (Å²) in [5.41, 5.74) is 12.2. The van der Waals surface area contributed by atoms with Crippen molar-refractivity contribution in [3.63, 3.8) is 0 Å². The normalized spacial score (nSPS) is 14.4. The maximum atomic E-state index is 12.9. The molecule has 0 saturated carbocycles. The van der Waals surface area contributed by atoms with Gasteiger partial charge in [0, 0.05) is 29.9 Å². The van der Waals surface area contributed by atoms with Crippen LogP contribution in [0.2, 0.25) is 0 Å². The van der Waals surface area contributed by atoms with Gasteiger partial charge in [-0.05, 0) is 25.0 Å². The van der Waals surface area contributed by atoms with Crippen LogP contribution in [0.1, 0.15) is 25.3 Å². The summed E-state index contributed by atoms with van der Waals surface area (Å²) in [4.78, 5) is 62.7. The molecule has 0 radical (unpaired) electrons. The van der Waals surface area contributed by atoms with E-state index in [2.05, 4.69) is 20.9 Å². The van der Waals surface area contributed by atoms with Crippen LogP contribution >= 0.6 is 0 Å². The second-order valence-electron chi connectivity index (χ2n) is 8.08. The van der Waals surface area contributed by atoms with Gasteiger partial charge in [0.1, 0.15) is 6.04 Å². The molecule has 13 nitrogen and oxygen atoms in total. The van der Waals surface area contributed by atoms with Crippen molar-refractivity contribution in [3.05, 3.63) is 36.0 Å². The van der Waals surface area contributed by atoms with E-state index in [9.17, 15) is 34.2 Å². The summed E-state index contributed by atoms with van der Waals surface area (Å²) in [5, 5.41) is 26.8. The molecule has 0 aliphatic heterocycles. The topological polar surface area (TPSA) is 230 Å². The third-order valence-electron chi connectivity index (χ3n) is 5.26. The van der Waals surface area contributed by atoms with E-state index >= 15 is 0 Å². The molecule has 1 heterocycles. The summed E-state index contributed by atoms with van der Waals surface area (Å²) in [6, 6.07) is 3.42. The first-order valence-corrected chi connectivity index (χ1v) is 10.9. The molecule has 13 heteroatoms.